The maximum atomic E-state index is 12.7. The van der Waals surface area contributed by atoms with Gasteiger partial charge >= 0.3 is 15.5 Å². The van der Waals surface area contributed by atoms with Gasteiger partial charge in [-0.05, 0) is 37.0 Å². The van der Waals surface area contributed by atoms with Gasteiger partial charge in [0.05, 0.1) is 0 Å². The summed E-state index contributed by atoms with van der Waals surface area (Å²) in [5.41, 5.74) is -1.95. The number of nitrogens with zero attached hydrogens (tertiary/aromatic N) is 3. The van der Waals surface area contributed by atoms with E-state index in [1.54, 1.807) is 7.05 Å². The van der Waals surface area contributed by atoms with Gasteiger partial charge in [-0.1, -0.05) is 12.1 Å². The molecule has 1 aromatic rings. The molecule has 0 amide bonds. The highest BCUT2D eigenvalue weighted by Gasteiger charge is 2.50. The molecule has 0 saturated carbocycles. The summed E-state index contributed by atoms with van der Waals surface area (Å²) in [7, 11) is 0.280. The Hall–Kier alpha value is -1.28. The summed E-state index contributed by atoms with van der Waals surface area (Å²) < 4.78 is 61.5. The van der Waals surface area contributed by atoms with Crippen LogP contribution in [0.15, 0.2) is 23.2 Å². The number of hydrogen-bond acceptors (Lipinski definition) is 4. The van der Waals surface area contributed by atoms with Gasteiger partial charge in [0.15, 0.2) is 5.96 Å². The maximum Gasteiger partial charge on any atom is 0.511 e. The predicted molar refractivity (Wildman–Crippen MR) is 124 cm³/mol. The molecule has 0 unspecified atom stereocenters. The lowest BCUT2D eigenvalue weighted by atomic mass is 10.1. The molecule has 2 rings (SSSR count). The van der Waals surface area contributed by atoms with Crippen molar-refractivity contribution in [1.29, 1.82) is 0 Å². The Balaban J connectivity index is 0.00000450. The number of rotatable bonds is 5. The zero-order valence-electron chi connectivity index (χ0n) is 17.5. The number of piperidine rings is 1. The molecule has 1 aliphatic rings. The van der Waals surface area contributed by atoms with Crippen molar-refractivity contribution >= 4 is 45.6 Å². The molecule has 1 saturated heterocycles. The van der Waals surface area contributed by atoms with Crippen LogP contribution in [0, 0.1) is 6.92 Å². The van der Waals surface area contributed by atoms with Crippen molar-refractivity contribution in [1.82, 2.24) is 14.9 Å². The smallest absolute Gasteiger partial charge is 0.377 e. The molecule has 172 valence electrons. The summed E-state index contributed by atoms with van der Waals surface area (Å²) in [6.45, 7) is 2.18. The fourth-order valence-electron chi connectivity index (χ4n) is 3.19. The van der Waals surface area contributed by atoms with Crippen molar-refractivity contribution in [2.75, 3.05) is 39.1 Å². The Morgan fingerprint density at radius 3 is 2.37 bits per heavy atom. The van der Waals surface area contributed by atoms with Crippen LogP contribution in [0.25, 0.3) is 0 Å². The number of nitrogens with one attached hydrogen (secondary N) is 2. The fraction of sp³-hybridized carbons (Fsp3) is 0.611. The topological polar surface area (TPSA) is 77.0 Å². The molecule has 0 aliphatic carbocycles. The molecule has 1 fully saturated rings. The first-order valence-corrected chi connectivity index (χ1v) is 10.7. The van der Waals surface area contributed by atoms with E-state index < -0.39 is 15.5 Å². The van der Waals surface area contributed by atoms with Gasteiger partial charge in [0.1, 0.15) is 0 Å². The van der Waals surface area contributed by atoms with Crippen molar-refractivity contribution in [3.8, 4) is 0 Å². The minimum Gasteiger partial charge on any atom is -0.377 e. The number of aliphatic imine (C=N–C) groups is 1. The molecular weight excluding hydrogens is 534 g/mol. The zero-order chi connectivity index (χ0) is 21.8. The Bertz CT molecular complexity index is 839. The number of benzene rings is 1. The van der Waals surface area contributed by atoms with E-state index in [1.165, 1.54) is 0 Å². The SMILES string of the molecule is CN=C(NCc1ccc(C)cc1N(C)C)NC1CCN(S(=O)(=O)C(F)(F)F)CC1.I. The molecule has 0 spiro atoms. The average molecular weight is 563 g/mol. The molecule has 0 aromatic heterocycles. The molecule has 2 N–H and O–H groups in total. The lowest BCUT2D eigenvalue weighted by Crippen LogP contribution is -2.51. The number of halogens is 4. The second-order valence-corrected chi connectivity index (χ2v) is 9.15. The molecule has 0 radical (unpaired) electrons. The van der Waals surface area contributed by atoms with Crippen LogP contribution >= 0.6 is 24.0 Å². The summed E-state index contributed by atoms with van der Waals surface area (Å²) in [6.07, 6.45) is 0.535. The second-order valence-electron chi connectivity index (χ2n) is 7.22. The third-order valence-electron chi connectivity index (χ3n) is 4.82. The van der Waals surface area contributed by atoms with E-state index in [2.05, 4.69) is 21.7 Å². The van der Waals surface area contributed by atoms with E-state index in [0.717, 1.165) is 16.8 Å². The molecular formula is C18H29F3IN5O2S. The van der Waals surface area contributed by atoms with E-state index in [9.17, 15) is 21.6 Å². The van der Waals surface area contributed by atoms with Gasteiger partial charge in [-0.3, -0.25) is 4.99 Å². The summed E-state index contributed by atoms with van der Waals surface area (Å²) >= 11 is 0. The van der Waals surface area contributed by atoms with Crippen LogP contribution in [0.2, 0.25) is 0 Å². The van der Waals surface area contributed by atoms with Gasteiger partial charge in [-0.25, -0.2) is 8.42 Å². The van der Waals surface area contributed by atoms with Gasteiger partial charge < -0.3 is 15.5 Å². The van der Waals surface area contributed by atoms with E-state index >= 15 is 0 Å². The first-order chi connectivity index (χ1) is 13.5. The average Bonchev–Trinajstić information content (AvgIpc) is 2.65. The Morgan fingerprint density at radius 1 is 1.27 bits per heavy atom. The molecule has 30 heavy (non-hydrogen) atoms. The van der Waals surface area contributed by atoms with Crippen molar-refractivity contribution in [2.45, 2.75) is 37.9 Å². The lowest BCUT2D eigenvalue weighted by molar-refractivity contribution is -0.0494. The van der Waals surface area contributed by atoms with Gasteiger partial charge in [-0.15, -0.1) is 24.0 Å². The third-order valence-corrected chi connectivity index (χ3v) is 6.45. The predicted octanol–water partition coefficient (Wildman–Crippen LogP) is 2.66. The molecule has 7 nitrogen and oxygen atoms in total. The molecule has 1 aliphatic heterocycles. The van der Waals surface area contributed by atoms with Crippen LogP contribution in [0.3, 0.4) is 0 Å². The molecule has 0 atom stereocenters. The molecule has 1 aromatic carbocycles. The van der Waals surface area contributed by atoms with Gasteiger partial charge in [0, 0.05) is 52.5 Å². The first kappa shape index (κ1) is 26.8. The van der Waals surface area contributed by atoms with E-state index in [-0.39, 0.29) is 55.9 Å². The number of sulfonamides is 1. The second kappa shape index (κ2) is 10.8. The monoisotopic (exact) mass is 563 g/mol. The van der Waals surface area contributed by atoms with E-state index in [1.807, 2.05) is 38.1 Å². The van der Waals surface area contributed by atoms with Gasteiger partial charge in [0.25, 0.3) is 0 Å². The van der Waals surface area contributed by atoms with Crippen molar-refractivity contribution in [2.24, 2.45) is 4.99 Å². The fourth-order valence-corrected chi connectivity index (χ4v) is 4.18. The van der Waals surface area contributed by atoms with Crippen LogP contribution in [0.5, 0.6) is 0 Å². The summed E-state index contributed by atoms with van der Waals surface area (Å²) in [6, 6.07) is 5.99. The molecule has 1 heterocycles. The number of hydrogen-bond donors (Lipinski definition) is 2. The van der Waals surface area contributed by atoms with Crippen molar-refractivity contribution in [3.05, 3.63) is 29.3 Å². The first-order valence-electron chi connectivity index (χ1n) is 9.26. The highest BCUT2D eigenvalue weighted by molar-refractivity contribution is 14.0. The normalized spacial score (nSPS) is 16.7. The van der Waals surface area contributed by atoms with Crippen LogP contribution in [0.4, 0.5) is 18.9 Å². The van der Waals surface area contributed by atoms with Crippen LogP contribution < -0.4 is 15.5 Å². The van der Waals surface area contributed by atoms with Gasteiger partial charge in [0.2, 0.25) is 0 Å². The minimum absolute atomic E-state index is 0. The van der Waals surface area contributed by atoms with E-state index in [4.69, 9.17) is 0 Å². The summed E-state index contributed by atoms with van der Waals surface area (Å²) in [4.78, 5) is 6.19. The lowest BCUT2D eigenvalue weighted by Gasteiger charge is -2.32. The number of anilines is 1. The number of guanidine groups is 1. The summed E-state index contributed by atoms with van der Waals surface area (Å²) in [5, 5.41) is 6.38. The molecule has 12 heteroatoms. The van der Waals surface area contributed by atoms with Crippen molar-refractivity contribution in [3.63, 3.8) is 0 Å². The maximum absolute atomic E-state index is 12.7. The number of aryl methyl sites for hydroxylation is 1. The Morgan fingerprint density at radius 2 is 1.87 bits per heavy atom. The Kier molecular flexibility index (Phi) is 9.67. The minimum atomic E-state index is -5.26. The highest BCUT2D eigenvalue weighted by atomic mass is 127. The zero-order valence-corrected chi connectivity index (χ0v) is 20.6. The molecule has 0 bridgehead atoms. The highest BCUT2D eigenvalue weighted by Crippen LogP contribution is 2.29. The van der Waals surface area contributed by atoms with Crippen LogP contribution in [-0.2, 0) is 16.6 Å². The van der Waals surface area contributed by atoms with Crippen LogP contribution in [0.1, 0.15) is 24.0 Å². The Labute approximate surface area is 193 Å². The van der Waals surface area contributed by atoms with Gasteiger partial charge in [-0.2, -0.15) is 17.5 Å². The van der Waals surface area contributed by atoms with E-state index in [0.29, 0.717) is 16.8 Å². The largest absolute Gasteiger partial charge is 0.511 e. The standard InChI is InChI=1S/C18H28F3N5O2S.HI/c1-13-5-6-14(16(11-13)25(3)4)12-23-17(22-2)24-15-7-9-26(10-8-15)29(27,28)18(19,20)21;/h5-6,11,15H,7-10,12H2,1-4H3,(H2,22,23,24);1H. The van der Waals surface area contributed by atoms with Crippen molar-refractivity contribution < 1.29 is 21.6 Å². The number of alkyl halides is 3. The van der Waals surface area contributed by atoms with Crippen LogP contribution in [-0.4, -0.2) is 64.5 Å². The third kappa shape index (κ3) is 6.61. The summed E-state index contributed by atoms with van der Waals surface area (Å²) in [5.74, 6) is 0.521. The quantitative estimate of drug-likeness (QED) is 0.328.